The molecule has 19 heavy (non-hydrogen) atoms. The van der Waals surface area contributed by atoms with Gasteiger partial charge in [-0.1, -0.05) is 41.4 Å². The number of nitriles is 1. The highest BCUT2D eigenvalue weighted by atomic mass is 79.9. The molecule has 0 heterocycles. The van der Waals surface area contributed by atoms with Gasteiger partial charge in [-0.2, -0.15) is 5.26 Å². The first-order valence-electron chi connectivity index (χ1n) is 6.85. The molecule has 1 aliphatic carbocycles. The number of aliphatic hydroxyl groups is 1. The summed E-state index contributed by atoms with van der Waals surface area (Å²) in [5, 5.41) is 20.7. The maximum Gasteiger partial charge on any atom is 0.105 e. The van der Waals surface area contributed by atoms with Crippen molar-refractivity contribution in [2.45, 2.75) is 45.1 Å². The van der Waals surface area contributed by atoms with Gasteiger partial charge in [-0.3, -0.25) is 0 Å². The molecule has 102 valence electrons. The fourth-order valence-corrected chi connectivity index (χ4v) is 3.62. The van der Waals surface area contributed by atoms with Crippen molar-refractivity contribution in [1.82, 2.24) is 0 Å². The zero-order valence-electron chi connectivity index (χ0n) is 11.5. The van der Waals surface area contributed by atoms with Crippen LogP contribution >= 0.6 is 15.9 Å². The number of benzene rings is 1. The van der Waals surface area contributed by atoms with Gasteiger partial charge in [0.2, 0.25) is 0 Å². The molecule has 0 bridgehead atoms. The van der Waals surface area contributed by atoms with Crippen molar-refractivity contribution < 1.29 is 5.11 Å². The third-order valence-corrected chi connectivity index (χ3v) is 5.22. The van der Waals surface area contributed by atoms with Crippen LogP contribution in [0.25, 0.3) is 0 Å². The predicted molar refractivity (Wildman–Crippen MR) is 79.4 cm³/mol. The maximum atomic E-state index is 11.0. The van der Waals surface area contributed by atoms with Crippen LogP contribution < -0.4 is 0 Å². The zero-order chi connectivity index (χ0) is 14.1. The second-order valence-corrected chi connectivity index (χ2v) is 6.71. The van der Waals surface area contributed by atoms with Gasteiger partial charge in [-0.25, -0.2) is 0 Å². The van der Waals surface area contributed by atoms with Crippen molar-refractivity contribution in [2.24, 2.45) is 11.3 Å². The SMILES string of the molecule is CCC1CCC(C#N)(C(C)(O)c2cccc(Br)c2)C1. The lowest BCUT2D eigenvalue weighted by atomic mass is 9.68. The van der Waals surface area contributed by atoms with E-state index in [4.69, 9.17) is 0 Å². The zero-order valence-corrected chi connectivity index (χ0v) is 13.1. The molecule has 0 aromatic heterocycles. The molecule has 1 aromatic rings. The molecular formula is C16H20BrNO. The maximum absolute atomic E-state index is 11.0. The van der Waals surface area contributed by atoms with Crippen molar-refractivity contribution >= 4 is 15.9 Å². The number of nitrogens with zero attached hydrogens (tertiary/aromatic N) is 1. The molecule has 0 spiro atoms. The monoisotopic (exact) mass is 321 g/mol. The lowest BCUT2D eigenvalue weighted by Crippen LogP contribution is -2.41. The van der Waals surface area contributed by atoms with Crippen LogP contribution in [0.5, 0.6) is 0 Å². The Bertz CT molecular complexity index is 506. The Balaban J connectivity index is 2.40. The summed E-state index contributed by atoms with van der Waals surface area (Å²) in [4.78, 5) is 0. The molecule has 3 heteroatoms. The molecule has 2 nitrogen and oxygen atoms in total. The lowest BCUT2D eigenvalue weighted by Gasteiger charge is -2.38. The Kier molecular flexibility index (Phi) is 4.03. The summed E-state index contributed by atoms with van der Waals surface area (Å²) >= 11 is 3.43. The van der Waals surface area contributed by atoms with Crippen LogP contribution in [-0.4, -0.2) is 5.11 Å². The molecule has 1 fully saturated rings. The van der Waals surface area contributed by atoms with E-state index in [9.17, 15) is 10.4 Å². The van der Waals surface area contributed by atoms with Crippen molar-refractivity contribution in [3.05, 3.63) is 34.3 Å². The third kappa shape index (κ3) is 2.44. The molecule has 1 aromatic carbocycles. The number of halogens is 1. The van der Waals surface area contributed by atoms with Crippen LogP contribution in [0, 0.1) is 22.7 Å². The summed E-state index contributed by atoms with van der Waals surface area (Å²) < 4.78 is 0.934. The molecule has 2 rings (SSSR count). The second-order valence-electron chi connectivity index (χ2n) is 5.79. The van der Waals surface area contributed by atoms with Crippen molar-refractivity contribution in [2.75, 3.05) is 0 Å². The smallest absolute Gasteiger partial charge is 0.105 e. The molecule has 1 N–H and O–H groups in total. The minimum Gasteiger partial charge on any atom is -0.384 e. The first kappa shape index (κ1) is 14.6. The first-order valence-corrected chi connectivity index (χ1v) is 7.64. The standard InChI is InChI=1S/C16H20BrNO/c1-3-12-7-8-16(10-12,11-18)15(2,19)13-5-4-6-14(17)9-13/h4-6,9,12,19H,3,7-8,10H2,1-2H3. The summed E-state index contributed by atoms with van der Waals surface area (Å²) in [6.45, 7) is 3.95. The molecule has 0 aliphatic heterocycles. The van der Waals surface area contributed by atoms with Crippen LogP contribution in [0.15, 0.2) is 28.7 Å². The molecular weight excluding hydrogens is 302 g/mol. The van der Waals surface area contributed by atoms with Gasteiger partial charge in [0.05, 0.1) is 11.5 Å². The Morgan fingerprint density at radius 2 is 2.32 bits per heavy atom. The van der Waals surface area contributed by atoms with Crippen molar-refractivity contribution in [1.29, 1.82) is 5.26 Å². The predicted octanol–water partition coefficient (Wildman–Crippen LogP) is 4.38. The van der Waals surface area contributed by atoms with Gasteiger partial charge in [0.1, 0.15) is 5.60 Å². The van der Waals surface area contributed by atoms with Gasteiger partial charge in [0.15, 0.2) is 0 Å². The number of rotatable bonds is 3. The molecule has 3 unspecified atom stereocenters. The summed E-state index contributed by atoms with van der Waals surface area (Å²) in [6.07, 6.45) is 3.69. The normalized spacial score (nSPS) is 29.7. The van der Waals surface area contributed by atoms with E-state index in [0.29, 0.717) is 5.92 Å². The van der Waals surface area contributed by atoms with Crippen LogP contribution in [-0.2, 0) is 5.60 Å². The van der Waals surface area contributed by atoms with Gasteiger partial charge >= 0.3 is 0 Å². The Morgan fingerprint density at radius 1 is 1.58 bits per heavy atom. The van der Waals surface area contributed by atoms with Gasteiger partial charge < -0.3 is 5.11 Å². The minimum absolute atomic E-state index is 0.554. The molecule has 1 saturated carbocycles. The number of hydrogen-bond donors (Lipinski definition) is 1. The fraction of sp³-hybridized carbons (Fsp3) is 0.562. The third-order valence-electron chi connectivity index (χ3n) is 4.73. The van der Waals surface area contributed by atoms with E-state index in [1.165, 1.54) is 0 Å². The molecule has 1 aliphatic rings. The Hall–Kier alpha value is -0.850. The van der Waals surface area contributed by atoms with Crippen molar-refractivity contribution in [3.8, 4) is 6.07 Å². The fourth-order valence-electron chi connectivity index (χ4n) is 3.22. The van der Waals surface area contributed by atoms with Crippen LogP contribution in [0.2, 0.25) is 0 Å². The van der Waals surface area contributed by atoms with E-state index in [1.54, 1.807) is 6.92 Å². The molecule has 0 amide bonds. The van der Waals surface area contributed by atoms with E-state index < -0.39 is 11.0 Å². The van der Waals surface area contributed by atoms with Crippen LogP contribution in [0.3, 0.4) is 0 Å². The molecule has 0 radical (unpaired) electrons. The minimum atomic E-state index is -1.10. The van der Waals surface area contributed by atoms with Crippen molar-refractivity contribution in [3.63, 3.8) is 0 Å². The topological polar surface area (TPSA) is 44.0 Å². The van der Waals surface area contributed by atoms with E-state index in [-0.39, 0.29) is 0 Å². The van der Waals surface area contributed by atoms with Gasteiger partial charge in [0, 0.05) is 4.47 Å². The highest BCUT2D eigenvalue weighted by Crippen LogP contribution is 2.53. The summed E-state index contributed by atoms with van der Waals surface area (Å²) in [7, 11) is 0. The molecule has 0 saturated heterocycles. The Morgan fingerprint density at radius 3 is 2.84 bits per heavy atom. The van der Waals surface area contributed by atoms with Gasteiger partial charge in [-0.05, 0) is 49.8 Å². The number of hydrogen-bond acceptors (Lipinski definition) is 2. The highest BCUT2D eigenvalue weighted by molar-refractivity contribution is 9.10. The molecule has 3 atom stereocenters. The quantitative estimate of drug-likeness (QED) is 0.897. The second kappa shape index (κ2) is 5.26. The van der Waals surface area contributed by atoms with Gasteiger partial charge in [-0.15, -0.1) is 0 Å². The first-order chi connectivity index (χ1) is 8.95. The highest BCUT2D eigenvalue weighted by Gasteiger charge is 2.52. The van der Waals surface area contributed by atoms with Crippen LogP contribution in [0.4, 0.5) is 0 Å². The largest absolute Gasteiger partial charge is 0.384 e. The summed E-state index contributed by atoms with van der Waals surface area (Å²) in [6, 6.07) is 10.1. The van der Waals surface area contributed by atoms with E-state index in [1.807, 2.05) is 24.3 Å². The van der Waals surface area contributed by atoms with E-state index in [0.717, 1.165) is 35.7 Å². The van der Waals surface area contributed by atoms with Crippen LogP contribution in [0.1, 0.15) is 45.1 Å². The van der Waals surface area contributed by atoms with E-state index in [2.05, 4.69) is 28.9 Å². The average Bonchev–Trinajstić information content (AvgIpc) is 2.84. The van der Waals surface area contributed by atoms with E-state index >= 15 is 0 Å². The average molecular weight is 322 g/mol. The Labute approximate surface area is 123 Å². The summed E-state index contributed by atoms with van der Waals surface area (Å²) in [5.74, 6) is 0.554. The van der Waals surface area contributed by atoms with Gasteiger partial charge in [0.25, 0.3) is 0 Å². The lowest BCUT2D eigenvalue weighted by molar-refractivity contribution is -0.0442. The summed E-state index contributed by atoms with van der Waals surface area (Å²) in [5.41, 5.74) is -0.940.